The van der Waals surface area contributed by atoms with Gasteiger partial charge >= 0.3 is 0 Å². The van der Waals surface area contributed by atoms with E-state index in [9.17, 15) is 20.2 Å². The van der Waals surface area contributed by atoms with Crippen molar-refractivity contribution in [2.45, 2.75) is 12.2 Å². The monoisotopic (exact) mass is 540 g/mol. The van der Waals surface area contributed by atoms with Gasteiger partial charge in [-0.1, -0.05) is 109 Å². The van der Waals surface area contributed by atoms with Gasteiger partial charge in [0.25, 0.3) is 11.4 Å². The molecule has 0 fully saturated rings. The summed E-state index contributed by atoms with van der Waals surface area (Å²) >= 11 is 0. The highest BCUT2D eigenvalue weighted by Gasteiger charge is 2.28. The molecule has 0 amide bonds. The van der Waals surface area contributed by atoms with Crippen molar-refractivity contribution in [3.63, 3.8) is 0 Å². The van der Waals surface area contributed by atoms with E-state index in [-0.39, 0.29) is 11.4 Å². The SMILES string of the molecule is O=[N+]([O-])c1cccc(C(OC(c2cccc([N+](=O)[O-])c2)c2cccc3ccccc23)c2cccc3ccccc23)c1. The lowest BCUT2D eigenvalue weighted by Gasteiger charge is -2.28. The van der Waals surface area contributed by atoms with Crippen LogP contribution in [0.25, 0.3) is 21.5 Å². The minimum Gasteiger partial charge on any atom is -0.356 e. The third-order valence-electron chi connectivity index (χ3n) is 7.25. The van der Waals surface area contributed by atoms with E-state index in [0.717, 1.165) is 32.7 Å². The fraction of sp³-hybridized carbons (Fsp3) is 0.0588. The van der Waals surface area contributed by atoms with Crippen LogP contribution in [0.4, 0.5) is 11.4 Å². The summed E-state index contributed by atoms with van der Waals surface area (Å²) in [4.78, 5) is 22.6. The van der Waals surface area contributed by atoms with E-state index in [2.05, 4.69) is 0 Å². The van der Waals surface area contributed by atoms with Crippen LogP contribution in [-0.4, -0.2) is 9.85 Å². The minimum absolute atomic E-state index is 0.0478. The van der Waals surface area contributed by atoms with E-state index in [1.165, 1.54) is 24.3 Å². The number of nitro benzene ring substituents is 2. The number of benzene rings is 6. The van der Waals surface area contributed by atoms with Crippen molar-refractivity contribution in [3.05, 3.63) is 176 Å². The molecule has 0 aliphatic carbocycles. The van der Waals surface area contributed by atoms with Gasteiger partial charge in [-0.05, 0) is 43.8 Å². The van der Waals surface area contributed by atoms with Gasteiger partial charge in [0.2, 0.25) is 0 Å². The number of hydrogen-bond acceptors (Lipinski definition) is 5. The Morgan fingerprint density at radius 1 is 0.488 bits per heavy atom. The highest BCUT2D eigenvalue weighted by molar-refractivity contribution is 5.87. The lowest BCUT2D eigenvalue weighted by atomic mass is 9.92. The number of nitro groups is 2. The second kappa shape index (κ2) is 11.0. The largest absolute Gasteiger partial charge is 0.356 e. The van der Waals surface area contributed by atoms with Gasteiger partial charge in [0, 0.05) is 24.3 Å². The zero-order valence-corrected chi connectivity index (χ0v) is 21.8. The number of fused-ring (bicyclic) bond motifs is 2. The van der Waals surface area contributed by atoms with Crippen LogP contribution in [0.15, 0.2) is 133 Å². The van der Waals surface area contributed by atoms with E-state index in [4.69, 9.17) is 4.74 Å². The Kier molecular flexibility index (Phi) is 6.93. The van der Waals surface area contributed by atoms with Crippen molar-refractivity contribution in [3.8, 4) is 0 Å². The Bertz CT molecular complexity index is 1770. The molecule has 0 heterocycles. The van der Waals surface area contributed by atoms with Gasteiger partial charge in [0.15, 0.2) is 0 Å². The third-order valence-corrected chi connectivity index (χ3v) is 7.25. The molecule has 6 rings (SSSR count). The summed E-state index contributed by atoms with van der Waals surface area (Å²) in [5.41, 5.74) is 2.78. The fourth-order valence-electron chi connectivity index (χ4n) is 5.36. The summed E-state index contributed by atoms with van der Waals surface area (Å²) in [6, 6.07) is 40.5. The standard InChI is InChI=1S/C34H24N2O5/c37-35(38)27-15-5-13-25(21-27)33(31-19-7-11-23-9-1-3-17-29(23)31)41-34(26-14-6-16-28(22-26)36(39)40)32-20-8-12-24-10-2-4-18-30(24)32/h1-22,33-34H. The van der Waals surface area contributed by atoms with Crippen molar-refractivity contribution < 1.29 is 14.6 Å². The molecule has 2 unspecified atom stereocenters. The quantitative estimate of drug-likeness (QED) is 0.142. The molecule has 0 saturated carbocycles. The molecule has 0 N–H and O–H groups in total. The molecule has 0 bridgehead atoms. The fourth-order valence-corrected chi connectivity index (χ4v) is 5.36. The van der Waals surface area contributed by atoms with Gasteiger partial charge in [-0.15, -0.1) is 0 Å². The Hall–Kier alpha value is -5.40. The van der Waals surface area contributed by atoms with E-state index >= 15 is 0 Å². The molecule has 0 radical (unpaired) electrons. The van der Waals surface area contributed by atoms with Gasteiger partial charge in [-0.3, -0.25) is 20.2 Å². The van der Waals surface area contributed by atoms with E-state index in [1.807, 2.05) is 97.1 Å². The summed E-state index contributed by atoms with van der Waals surface area (Å²) < 4.78 is 7.04. The van der Waals surface area contributed by atoms with Crippen molar-refractivity contribution in [2.75, 3.05) is 0 Å². The molecule has 0 aromatic heterocycles. The van der Waals surface area contributed by atoms with Crippen LogP contribution < -0.4 is 0 Å². The smallest absolute Gasteiger partial charge is 0.269 e. The van der Waals surface area contributed by atoms with E-state index in [0.29, 0.717) is 11.1 Å². The summed E-state index contributed by atoms with van der Waals surface area (Å²) in [5.74, 6) is 0. The van der Waals surface area contributed by atoms with Gasteiger partial charge in [0.1, 0.15) is 12.2 Å². The molecule has 2 atom stereocenters. The Morgan fingerprint density at radius 2 is 0.878 bits per heavy atom. The van der Waals surface area contributed by atoms with Crippen molar-refractivity contribution in [1.82, 2.24) is 0 Å². The Morgan fingerprint density at radius 3 is 1.32 bits per heavy atom. The van der Waals surface area contributed by atoms with Crippen LogP contribution in [0.2, 0.25) is 0 Å². The number of nitrogens with zero attached hydrogens (tertiary/aromatic N) is 2. The topological polar surface area (TPSA) is 95.5 Å². The molecule has 0 spiro atoms. The van der Waals surface area contributed by atoms with E-state index in [1.54, 1.807) is 12.1 Å². The summed E-state index contributed by atoms with van der Waals surface area (Å²) in [6.45, 7) is 0. The second-order valence-electron chi connectivity index (χ2n) is 9.74. The zero-order valence-electron chi connectivity index (χ0n) is 21.8. The van der Waals surface area contributed by atoms with Crippen molar-refractivity contribution >= 4 is 32.9 Å². The van der Waals surface area contributed by atoms with Crippen molar-refractivity contribution in [2.24, 2.45) is 0 Å². The highest BCUT2D eigenvalue weighted by Crippen LogP contribution is 2.41. The molecule has 200 valence electrons. The molecule has 0 aliphatic rings. The summed E-state index contributed by atoms with van der Waals surface area (Å²) in [6.07, 6.45) is -1.46. The minimum atomic E-state index is -0.732. The molecular weight excluding hydrogens is 516 g/mol. The molecule has 6 aromatic carbocycles. The van der Waals surface area contributed by atoms with Crippen LogP contribution in [0.1, 0.15) is 34.5 Å². The molecule has 0 saturated heterocycles. The van der Waals surface area contributed by atoms with Crippen LogP contribution in [0.3, 0.4) is 0 Å². The molecule has 0 aliphatic heterocycles. The number of rotatable bonds is 8. The first-order chi connectivity index (χ1) is 20.0. The second-order valence-corrected chi connectivity index (χ2v) is 9.74. The molecule has 7 nitrogen and oxygen atoms in total. The first kappa shape index (κ1) is 25.9. The summed E-state index contributed by atoms with van der Waals surface area (Å²) in [5, 5.41) is 27.4. The van der Waals surface area contributed by atoms with Gasteiger partial charge in [-0.2, -0.15) is 0 Å². The van der Waals surface area contributed by atoms with Crippen LogP contribution in [0.5, 0.6) is 0 Å². The maximum atomic E-state index is 11.7. The number of ether oxygens (including phenoxy) is 1. The molecule has 7 heteroatoms. The van der Waals surface area contributed by atoms with Crippen LogP contribution in [-0.2, 0) is 4.74 Å². The number of non-ortho nitro benzene ring substituents is 2. The molecular formula is C34H24N2O5. The van der Waals surface area contributed by atoms with Gasteiger partial charge in [0.05, 0.1) is 9.85 Å². The molecule has 41 heavy (non-hydrogen) atoms. The lowest BCUT2D eigenvalue weighted by Crippen LogP contribution is -2.14. The first-order valence-corrected chi connectivity index (χ1v) is 13.1. The van der Waals surface area contributed by atoms with Gasteiger partial charge < -0.3 is 4.74 Å². The number of hydrogen-bond donors (Lipinski definition) is 0. The maximum Gasteiger partial charge on any atom is 0.269 e. The Balaban J connectivity index is 1.60. The van der Waals surface area contributed by atoms with Crippen LogP contribution >= 0.6 is 0 Å². The zero-order chi connectivity index (χ0) is 28.3. The van der Waals surface area contributed by atoms with E-state index < -0.39 is 22.1 Å². The first-order valence-electron chi connectivity index (χ1n) is 13.1. The van der Waals surface area contributed by atoms with Crippen LogP contribution in [0, 0.1) is 20.2 Å². The average molecular weight is 541 g/mol. The third kappa shape index (κ3) is 5.14. The Labute approximate surface area is 235 Å². The van der Waals surface area contributed by atoms with Gasteiger partial charge in [-0.25, -0.2) is 0 Å². The lowest BCUT2D eigenvalue weighted by molar-refractivity contribution is -0.385. The molecule has 6 aromatic rings. The maximum absolute atomic E-state index is 11.7. The normalized spacial score (nSPS) is 12.7. The highest BCUT2D eigenvalue weighted by atomic mass is 16.6. The predicted octanol–water partition coefficient (Wildman–Crippen LogP) is 8.71. The summed E-state index contributed by atoms with van der Waals surface area (Å²) in [7, 11) is 0. The predicted molar refractivity (Wildman–Crippen MR) is 159 cm³/mol. The van der Waals surface area contributed by atoms with Crippen molar-refractivity contribution in [1.29, 1.82) is 0 Å². The average Bonchev–Trinajstić information content (AvgIpc) is 3.01.